The van der Waals surface area contributed by atoms with Gasteiger partial charge >= 0.3 is 0 Å². The zero-order valence-electron chi connectivity index (χ0n) is 14.4. The first-order valence-electron chi connectivity index (χ1n) is 8.78. The highest BCUT2D eigenvalue weighted by Crippen LogP contribution is 2.39. The molecule has 4 heterocycles. The maximum absolute atomic E-state index is 12.7. The molecule has 134 valence electrons. The van der Waals surface area contributed by atoms with Crippen molar-refractivity contribution in [3.8, 4) is 0 Å². The topological polar surface area (TPSA) is 92.2 Å². The van der Waals surface area contributed by atoms with Crippen LogP contribution in [0.3, 0.4) is 0 Å². The zero-order chi connectivity index (χ0) is 18.0. The van der Waals surface area contributed by atoms with Crippen LogP contribution in [0.4, 0.5) is 0 Å². The molecule has 0 saturated carbocycles. The molecule has 0 unspecified atom stereocenters. The molecule has 2 saturated heterocycles. The summed E-state index contributed by atoms with van der Waals surface area (Å²) < 4.78 is 0. The molecule has 8 heteroatoms. The van der Waals surface area contributed by atoms with E-state index in [1.165, 1.54) is 24.8 Å². The van der Waals surface area contributed by atoms with Gasteiger partial charge in [0.1, 0.15) is 5.69 Å². The Morgan fingerprint density at radius 3 is 2.50 bits per heavy atom. The van der Waals surface area contributed by atoms with Gasteiger partial charge < -0.3 is 9.80 Å². The SMILES string of the molecule is O=C(c1ccnnc1)N1CC[C@]2(CCCN(C(=O)c3cnccn3)C2)C1. The number of aromatic nitrogens is 4. The quantitative estimate of drug-likeness (QED) is 0.802. The van der Waals surface area contributed by atoms with Gasteiger partial charge in [0.05, 0.1) is 24.2 Å². The van der Waals surface area contributed by atoms with Gasteiger partial charge in [0.25, 0.3) is 11.8 Å². The highest BCUT2D eigenvalue weighted by Gasteiger charge is 2.44. The van der Waals surface area contributed by atoms with Gasteiger partial charge in [0.2, 0.25) is 0 Å². The third-order valence-corrected chi connectivity index (χ3v) is 5.29. The van der Waals surface area contributed by atoms with Crippen molar-refractivity contribution < 1.29 is 9.59 Å². The standard InChI is InChI=1S/C18H20N6O2/c25-16(14-2-5-21-22-10-14)24-9-4-18(13-24)3-1-8-23(12-18)17(26)15-11-19-6-7-20-15/h2,5-7,10-11H,1,3-4,8-9,12-13H2/t18-/m0/s1. The van der Waals surface area contributed by atoms with E-state index in [1.807, 2.05) is 9.80 Å². The Kier molecular flexibility index (Phi) is 4.32. The molecule has 2 aliphatic rings. The summed E-state index contributed by atoms with van der Waals surface area (Å²) >= 11 is 0. The van der Waals surface area contributed by atoms with Crippen LogP contribution >= 0.6 is 0 Å². The van der Waals surface area contributed by atoms with E-state index in [2.05, 4.69) is 20.2 Å². The summed E-state index contributed by atoms with van der Waals surface area (Å²) in [4.78, 5) is 37.2. The van der Waals surface area contributed by atoms with Crippen LogP contribution in [0.2, 0.25) is 0 Å². The van der Waals surface area contributed by atoms with Crippen molar-refractivity contribution in [3.05, 3.63) is 48.3 Å². The van der Waals surface area contributed by atoms with Crippen LogP contribution < -0.4 is 0 Å². The molecule has 4 rings (SSSR count). The Balaban J connectivity index is 1.46. The number of piperidine rings is 1. The molecule has 0 aromatic carbocycles. The lowest BCUT2D eigenvalue weighted by atomic mass is 9.79. The van der Waals surface area contributed by atoms with Gasteiger partial charge in [-0.1, -0.05) is 0 Å². The Bertz CT molecular complexity index is 800. The van der Waals surface area contributed by atoms with E-state index >= 15 is 0 Å². The number of amides is 2. The predicted molar refractivity (Wildman–Crippen MR) is 92.2 cm³/mol. The summed E-state index contributed by atoms with van der Waals surface area (Å²) in [6.45, 7) is 2.74. The minimum Gasteiger partial charge on any atom is -0.338 e. The number of rotatable bonds is 2. The van der Waals surface area contributed by atoms with Gasteiger partial charge in [-0.25, -0.2) is 4.98 Å². The van der Waals surface area contributed by atoms with E-state index < -0.39 is 0 Å². The van der Waals surface area contributed by atoms with Crippen molar-refractivity contribution in [1.29, 1.82) is 0 Å². The Morgan fingerprint density at radius 1 is 0.923 bits per heavy atom. The molecule has 2 aromatic heterocycles. The average molecular weight is 352 g/mol. The van der Waals surface area contributed by atoms with Crippen molar-refractivity contribution in [1.82, 2.24) is 30.0 Å². The largest absolute Gasteiger partial charge is 0.338 e. The minimum absolute atomic E-state index is 0.0193. The van der Waals surface area contributed by atoms with Gasteiger partial charge in [-0.05, 0) is 25.3 Å². The summed E-state index contributed by atoms with van der Waals surface area (Å²) in [7, 11) is 0. The van der Waals surface area contributed by atoms with Crippen molar-refractivity contribution in [2.75, 3.05) is 26.2 Å². The van der Waals surface area contributed by atoms with Crippen LogP contribution in [0.25, 0.3) is 0 Å². The van der Waals surface area contributed by atoms with Crippen LogP contribution in [0.15, 0.2) is 37.1 Å². The fraction of sp³-hybridized carbons (Fsp3) is 0.444. The summed E-state index contributed by atoms with van der Waals surface area (Å²) in [6, 6.07) is 1.69. The number of nitrogens with zero attached hydrogens (tertiary/aromatic N) is 6. The van der Waals surface area contributed by atoms with Gasteiger partial charge in [0.15, 0.2) is 0 Å². The maximum atomic E-state index is 12.7. The summed E-state index contributed by atoms with van der Waals surface area (Å²) in [6.07, 6.45) is 10.5. The summed E-state index contributed by atoms with van der Waals surface area (Å²) in [5, 5.41) is 7.51. The molecule has 8 nitrogen and oxygen atoms in total. The third kappa shape index (κ3) is 3.14. The molecule has 2 amide bonds. The van der Waals surface area contributed by atoms with Crippen molar-refractivity contribution in [2.45, 2.75) is 19.3 Å². The molecule has 0 bridgehead atoms. The van der Waals surface area contributed by atoms with E-state index in [-0.39, 0.29) is 17.2 Å². The molecular formula is C18H20N6O2. The van der Waals surface area contributed by atoms with Crippen LogP contribution in [0, 0.1) is 5.41 Å². The predicted octanol–water partition coefficient (Wildman–Crippen LogP) is 1.04. The first-order valence-corrected chi connectivity index (χ1v) is 8.78. The van der Waals surface area contributed by atoms with Gasteiger partial charge in [-0.3, -0.25) is 14.6 Å². The number of hydrogen-bond acceptors (Lipinski definition) is 6. The molecule has 1 spiro atoms. The second-order valence-electron chi connectivity index (χ2n) is 7.03. The lowest BCUT2D eigenvalue weighted by Crippen LogP contribution is -2.48. The van der Waals surface area contributed by atoms with Gasteiger partial charge in [-0.15, -0.1) is 0 Å². The number of carbonyl (C=O) groups is 2. The van der Waals surface area contributed by atoms with Crippen molar-refractivity contribution in [2.24, 2.45) is 5.41 Å². The van der Waals surface area contributed by atoms with Gasteiger partial charge in [0, 0.05) is 44.0 Å². The maximum Gasteiger partial charge on any atom is 0.274 e. The fourth-order valence-electron chi connectivity index (χ4n) is 3.99. The Morgan fingerprint density at radius 2 is 1.77 bits per heavy atom. The summed E-state index contributed by atoms with van der Waals surface area (Å²) in [5.41, 5.74) is 0.894. The van der Waals surface area contributed by atoms with Crippen LogP contribution in [0.5, 0.6) is 0 Å². The molecule has 0 N–H and O–H groups in total. The second kappa shape index (κ2) is 6.78. The molecule has 2 aliphatic heterocycles. The molecule has 2 aromatic rings. The fourth-order valence-corrected chi connectivity index (χ4v) is 3.99. The van der Waals surface area contributed by atoms with E-state index in [9.17, 15) is 9.59 Å². The molecule has 0 radical (unpaired) electrons. The molecule has 1 atom stereocenters. The lowest BCUT2D eigenvalue weighted by molar-refractivity contribution is 0.0510. The van der Waals surface area contributed by atoms with E-state index in [0.717, 1.165) is 25.8 Å². The molecular weight excluding hydrogens is 332 g/mol. The van der Waals surface area contributed by atoms with Crippen molar-refractivity contribution >= 4 is 11.8 Å². The molecule has 26 heavy (non-hydrogen) atoms. The summed E-state index contributed by atoms with van der Waals surface area (Å²) in [5.74, 6) is -0.102. The van der Waals surface area contributed by atoms with E-state index in [4.69, 9.17) is 0 Å². The second-order valence-corrected chi connectivity index (χ2v) is 7.03. The van der Waals surface area contributed by atoms with Crippen LogP contribution in [-0.2, 0) is 0 Å². The highest BCUT2D eigenvalue weighted by molar-refractivity contribution is 5.94. The molecule has 0 aliphatic carbocycles. The highest BCUT2D eigenvalue weighted by atomic mass is 16.2. The van der Waals surface area contributed by atoms with Crippen molar-refractivity contribution in [3.63, 3.8) is 0 Å². The monoisotopic (exact) mass is 352 g/mol. The molecule has 2 fully saturated rings. The number of hydrogen-bond donors (Lipinski definition) is 0. The van der Waals surface area contributed by atoms with Crippen LogP contribution in [-0.4, -0.2) is 68.0 Å². The van der Waals surface area contributed by atoms with Crippen LogP contribution in [0.1, 0.15) is 40.1 Å². The Labute approximate surface area is 151 Å². The normalized spacial score (nSPS) is 22.6. The minimum atomic E-state index is -0.0831. The van der Waals surface area contributed by atoms with Gasteiger partial charge in [-0.2, -0.15) is 10.2 Å². The first kappa shape index (κ1) is 16.6. The number of likely N-dealkylation sites (tertiary alicyclic amines) is 2. The number of carbonyl (C=O) groups excluding carboxylic acids is 2. The van der Waals surface area contributed by atoms with E-state index in [1.54, 1.807) is 12.3 Å². The average Bonchev–Trinajstić information content (AvgIpc) is 3.11. The zero-order valence-corrected chi connectivity index (χ0v) is 14.4. The smallest absolute Gasteiger partial charge is 0.274 e. The Hall–Kier alpha value is -2.90. The first-order chi connectivity index (χ1) is 12.7. The lowest BCUT2D eigenvalue weighted by Gasteiger charge is -2.40. The third-order valence-electron chi connectivity index (χ3n) is 5.29. The van der Waals surface area contributed by atoms with E-state index in [0.29, 0.717) is 30.9 Å².